The molecule has 1 amide bonds. The van der Waals surface area contributed by atoms with E-state index in [1.165, 1.54) is 0 Å². The molecule has 134 valence electrons. The Bertz CT molecular complexity index is 683. The maximum Gasteiger partial charge on any atom is 0.248 e. The fraction of sp³-hybridized carbons (Fsp3) is 0.333. The minimum Gasteiger partial charge on any atom is -0.467 e. The van der Waals surface area contributed by atoms with Crippen LogP contribution >= 0.6 is 0 Å². The van der Waals surface area contributed by atoms with E-state index in [-0.39, 0.29) is 0 Å². The van der Waals surface area contributed by atoms with Crippen molar-refractivity contribution >= 4 is 11.9 Å². The summed E-state index contributed by atoms with van der Waals surface area (Å²) < 4.78 is 10.7. The number of nitrogens with one attached hydrogen (secondary N) is 2. The number of carbonyl (C=O) groups is 1. The van der Waals surface area contributed by atoms with E-state index in [1.54, 1.807) is 25.4 Å². The van der Waals surface area contributed by atoms with E-state index in [0.29, 0.717) is 31.3 Å². The molecule has 7 nitrogen and oxygen atoms in total. The van der Waals surface area contributed by atoms with E-state index in [2.05, 4.69) is 15.6 Å². The smallest absolute Gasteiger partial charge is 0.248 e. The molecule has 1 aromatic heterocycles. The fourth-order valence-electron chi connectivity index (χ4n) is 2.19. The van der Waals surface area contributed by atoms with Crippen LogP contribution in [0.15, 0.2) is 52.1 Å². The standard InChI is InChI=1S/C18H24N4O3/c1-20-18(21-8-4-9-24-13-16-7-3-10-25-16)22-12-14-5-2-6-15(11-14)17(19)23/h2-3,5-7,10-11H,4,8-9,12-13H2,1H3,(H2,19,23)(H2,20,21,22). The second-order valence-corrected chi connectivity index (χ2v) is 5.40. The molecule has 7 heteroatoms. The summed E-state index contributed by atoms with van der Waals surface area (Å²) in [6.45, 7) is 2.40. The minimum absolute atomic E-state index is 0.432. The molecular weight excluding hydrogens is 320 g/mol. The number of benzene rings is 1. The fourth-order valence-corrected chi connectivity index (χ4v) is 2.19. The Morgan fingerprint density at radius 2 is 2.16 bits per heavy atom. The quantitative estimate of drug-likeness (QED) is 0.365. The van der Waals surface area contributed by atoms with Crippen molar-refractivity contribution in [2.75, 3.05) is 20.2 Å². The number of hydrogen-bond donors (Lipinski definition) is 3. The first-order chi connectivity index (χ1) is 12.2. The molecule has 0 atom stereocenters. The zero-order chi connectivity index (χ0) is 17.9. The summed E-state index contributed by atoms with van der Waals surface area (Å²) in [5, 5.41) is 6.41. The van der Waals surface area contributed by atoms with E-state index < -0.39 is 5.91 Å². The van der Waals surface area contributed by atoms with Crippen molar-refractivity contribution in [3.05, 3.63) is 59.5 Å². The van der Waals surface area contributed by atoms with Crippen molar-refractivity contribution in [2.24, 2.45) is 10.7 Å². The lowest BCUT2D eigenvalue weighted by Gasteiger charge is -2.12. The highest BCUT2D eigenvalue weighted by Crippen LogP contribution is 2.04. The molecule has 0 fully saturated rings. The van der Waals surface area contributed by atoms with Crippen LogP contribution in [0.1, 0.15) is 28.1 Å². The van der Waals surface area contributed by atoms with Crippen molar-refractivity contribution in [3.63, 3.8) is 0 Å². The van der Waals surface area contributed by atoms with Gasteiger partial charge in [0.15, 0.2) is 5.96 Å². The van der Waals surface area contributed by atoms with Gasteiger partial charge in [-0.05, 0) is 36.2 Å². The normalized spacial score (nSPS) is 11.3. The molecule has 0 aliphatic carbocycles. The van der Waals surface area contributed by atoms with Crippen molar-refractivity contribution in [1.29, 1.82) is 0 Å². The first-order valence-electron chi connectivity index (χ1n) is 8.12. The van der Waals surface area contributed by atoms with Crippen LogP contribution < -0.4 is 16.4 Å². The van der Waals surface area contributed by atoms with Crippen LogP contribution in [0.4, 0.5) is 0 Å². The SMILES string of the molecule is CN=C(NCCCOCc1ccco1)NCc1cccc(C(N)=O)c1. The molecule has 0 saturated heterocycles. The second-order valence-electron chi connectivity index (χ2n) is 5.40. The molecule has 0 unspecified atom stereocenters. The van der Waals surface area contributed by atoms with Crippen molar-refractivity contribution in [1.82, 2.24) is 10.6 Å². The van der Waals surface area contributed by atoms with E-state index in [0.717, 1.165) is 24.3 Å². The molecule has 0 aliphatic rings. The van der Waals surface area contributed by atoms with Gasteiger partial charge in [0.05, 0.1) is 6.26 Å². The predicted molar refractivity (Wildman–Crippen MR) is 96.1 cm³/mol. The number of furan rings is 1. The third-order valence-corrected chi connectivity index (χ3v) is 3.48. The number of hydrogen-bond acceptors (Lipinski definition) is 4. The van der Waals surface area contributed by atoms with E-state index in [9.17, 15) is 4.79 Å². The highest BCUT2D eigenvalue weighted by Gasteiger charge is 2.03. The lowest BCUT2D eigenvalue weighted by molar-refractivity contribution is 0.1000. The highest BCUT2D eigenvalue weighted by molar-refractivity contribution is 5.92. The topological polar surface area (TPSA) is 102 Å². The Hall–Kier alpha value is -2.80. The molecular formula is C18H24N4O3. The van der Waals surface area contributed by atoms with Gasteiger partial charge in [-0.1, -0.05) is 12.1 Å². The zero-order valence-electron chi connectivity index (χ0n) is 14.3. The summed E-state index contributed by atoms with van der Waals surface area (Å²) >= 11 is 0. The first-order valence-corrected chi connectivity index (χ1v) is 8.12. The average molecular weight is 344 g/mol. The van der Waals surface area contributed by atoms with Gasteiger partial charge in [0.25, 0.3) is 0 Å². The monoisotopic (exact) mass is 344 g/mol. The maximum atomic E-state index is 11.2. The summed E-state index contributed by atoms with van der Waals surface area (Å²) in [6.07, 6.45) is 2.48. The first kappa shape index (κ1) is 18.5. The van der Waals surface area contributed by atoms with Gasteiger partial charge >= 0.3 is 0 Å². The number of ether oxygens (including phenoxy) is 1. The van der Waals surface area contributed by atoms with Gasteiger partial charge in [-0.25, -0.2) is 0 Å². The molecule has 1 heterocycles. The minimum atomic E-state index is -0.432. The maximum absolute atomic E-state index is 11.2. The molecule has 25 heavy (non-hydrogen) atoms. The summed E-state index contributed by atoms with van der Waals surface area (Å²) in [6, 6.07) is 10.9. The number of rotatable bonds is 9. The molecule has 0 spiro atoms. The van der Waals surface area contributed by atoms with E-state index in [1.807, 2.05) is 24.3 Å². The number of nitrogens with two attached hydrogens (primary N) is 1. The number of amides is 1. The molecule has 2 aromatic rings. The Labute approximate surface area is 147 Å². The molecule has 1 aromatic carbocycles. The third kappa shape index (κ3) is 6.68. The Balaban J connectivity index is 1.63. The number of aliphatic imine (C=N–C) groups is 1. The summed E-state index contributed by atoms with van der Waals surface area (Å²) in [4.78, 5) is 15.4. The number of nitrogens with zero attached hydrogens (tertiary/aromatic N) is 1. The molecule has 2 rings (SSSR count). The van der Waals surface area contributed by atoms with Crippen LogP contribution in [0.2, 0.25) is 0 Å². The van der Waals surface area contributed by atoms with Gasteiger partial charge < -0.3 is 25.5 Å². The highest BCUT2D eigenvalue weighted by atomic mass is 16.5. The van der Waals surface area contributed by atoms with Gasteiger partial charge in [-0.2, -0.15) is 0 Å². The van der Waals surface area contributed by atoms with Crippen molar-refractivity contribution in [3.8, 4) is 0 Å². The number of carbonyl (C=O) groups excluding carboxylic acids is 1. The lowest BCUT2D eigenvalue weighted by atomic mass is 10.1. The van der Waals surface area contributed by atoms with Crippen LogP contribution in [0.3, 0.4) is 0 Å². The third-order valence-electron chi connectivity index (χ3n) is 3.48. The van der Waals surface area contributed by atoms with Gasteiger partial charge in [0.2, 0.25) is 5.91 Å². The van der Waals surface area contributed by atoms with E-state index >= 15 is 0 Å². The Kier molecular flexibility index (Phi) is 7.52. The molecule has 4 N–H and O–H groups in total. The largest absolute Gasteiger partial charge is 0.467 e. The zero-order valence-corrected chi connectivity index (χ0v) is 14.3. The predicted octanol–water partition coefficient (Wildman–Crippen LogP) is 1.65. The van der Waals surface area contributed by atoms with Crippen LogP contribution in [0.25, 0.3) is 0 Å². The summed E-state index contributed by atoms with van der Waals surface area (Å²) in [7, 11) is 1.71. The Morgan fingerprint density at radius 1 is 1.28 bits per heavy atom. The molecule has 0 aliphatic heterocycles. The average Bonchev–Trinajstić information content (AvgIpc) is 3.14. The van der Waals surface area contributed by atoms with Crippen LogP contribution in [0, 0.1) is 0 Å². The van der Waals surface area contributed by atoms with Crippen molar-refractivity contribution in [2.45, 2.75) is 19.6 Å². The van der Waals surface area contributed by atoms with Gasteiger partial charge in [-0.15, -0.1) is 0 Å². The lowest BCUT2D eigenvalue weighted by Crippen LogP contribution is -2.37. The summed E-state index contributed by atoms with van der Waals surface area (Å²) in [5.74, 6) is 1.08. The van der Waals surface area contributed by atoms with Crippen molar-refractivity contribution < 1.29 is 13.9 Å². The number of guanidine groups is 1. The second kappa shape index (κ2) is 10.1. The Morgan fingerprint density at radius 3 is 2.88 bits per heavy atom. The number of primary amides is 1. The van der Waals surface area contributed by atoms with Gasteiger partial charge in [-0.3, -0.25) is 9.79 Å². The molecule has 0 bridgehead atoms. The molecule has 0 saturated carbocycles. The summed E-state index contributed by atoms with van der Waals surface area (Å²) in [5.41, 5.74) is 6.74. The molecule has 0 radical (unpaired) electrons. The van der Waals surface area contributed by atoms with Gasteiger partial charge in [0.1, 0.15) is 12.4 Å². The van der Waals surface area contributed by atoms with Crippen LogP contribution in [-0.2, 0) is 17.9 Å². The van der Waals surface area contributed by atoms with E-state index in [4.69, 9.17) is 14.9 Å². The van der Waals surface area contributed by atoms with Crippen LogP contribution in [0.5, 0.6) is 0 Å². The van der Waals surface area contributed by atoms with Crippen LogP contribution in [-0.4, -0.2) is 32.1 Å². The van der Waals surface area contributed by atoms with Gasteiger partial charge in [0, 0.05) is 32.3 Å².